The molecule has 0 bridgehead atoms. The summed E-state index contributed by atoms with van der Waals surface area (Å²) in [6.45, 7) is 5.37. The van der Waals surface area contributed by atoms with Gasteiger partial charge in [-0.15, -0.1) is 11.3 Å². The van der Waals surface area contributed by atoms with Crippen molar-refractivity contribution in [3.63, 3.8) is 0 Å². The minimum atomic E-state index is -0.309. The van der Waals surface area contributed by atoms with Crippen molar-refractivity contribution in [2.24, 2.45) is 0 Å². The van der Waals surface area contributed by atoms with Crippen LogP contribution in [0.4, 0.5) is 9.52 Å². The Kier molecular flexibility index (Phi) is 5.46. The monoisotopic (exact) mass is 386 g/mol. The summed E-state index contributed by atoms with van der Waals surface area (Å²) in [4.78, 5) is 36.5. The van der Waals surface area contributed by atoms with Crippen LogP contribution in [-0.4, -0.2) is 20.9 Å². The van der Waals surface area contributed by atoms with Crippen LogP contribution >= 0.6 is 11.3 Å². The average molecular weight is 386 g/mol. The Hall–Kier alpha value is -2.87. The molecule has 6 nitrogen and oxygen atoms in total. The highest BCUT2D eigenvalue weighted by atomic mass is 32.1. The lowest BCUT2D eigenvalue weighted by atomic mass is 10.1. The van der Waals surface area contributed by atoms with Crippen LogP contribution in [0.5, 0.6) is 0 Å². The van der Waals surface area contributed by atoms with Crippen LogP contribution in [-0.2, 0) is 11.2 Å². The van der Waals surface area contributed by atoms with Crippen LogP contribution in [0.3, 0.4) is 0 Å². The number of carbonyl (C=O) groups excluding carboxylic acids is 1. The largest absolute Gasteiger partial charge is 0.311 e. The molecule has 0 unspecified atom stereocenters. The fraction of sp³-hybridized carbons (Fsp3) is 0.263. The van der Waals surface area contributed by atoms with Crippen molar-refractivity contribution in [2.45, 2.75) is 33.6 Å². The molecule has 0 aliphatic rings. The van der Waals surface area contributed by atoms with Crippen molar-refractivity contribution in [1.82, 2.24) is 15.0 Å². The van der Waals surface area contributed by atoms with E-state index in [0.717, 1.165) is 10.4 Å². The molecule has 3 rings (SSSR count). The number of aryl methyl sites for hydroxylation is 3. The number of nitrogens with zero attached hydrogens (tertiary/aromatic N) is 2. The second-order valence-electron chi connectivity index (χ2n) is 6.19. The molecule has 140 valence electrons. The van der Waals surface area contributed by atoms with E-state index in [9.17, 15) is 14.0 Å². The number of halogens is 1. The van der Waals surface area contributed by atoms with Gasteiger partial charge in [-0.3, -0.25) is 9.59 Å². The zero-order valence-electron chi connectivity index (χ0n) is 15.2. The Morgan fingerprint density at radius 3 is 2.56 bits per heavy atom. The first kappa shape index (κ1) is 18.9. The van der Waals surface area contributed by atoms with Crippen molar-refractivity contribution in [3.05, 3.63) is 62.4 Å². The summed E-state index contributed by atoms with van der Waals surface area (Å²) < 4.78 is 13.1. The maximum Gasteiger partial charge on any atom is 0.254 e. The molecule has 0 atom stereocenters. The summed E-state index contributed by atoms with van der Waals surface area (Å²) in [6.07, 6.45) is 0.453. The van der Waals surface area contributed by atoms with Crippen LogP contribution in [0.25, 0.3) is 11.3 Å². The number of benzene rings is 1. The molecule has 8 heteroatoms. The molecule has 2 heterocycles. The van der Waals surface area contributed by atoms with Gasteiger partial charge in [0.05, 0.1) is 5.69 Å². The highest BCUT2D eigenvalue weighted by Crippen LogP contribution is 2.30. The standard InChI is InChI=1S/C19H19FN4O2S/c1-10-15(18(26)22-12(3)21-10)8-9-16(25)23-19-24-17(11(2)27-19)13-4-6-14(20)7-5-13/h4-7H,8-9H2,1-3H3,(H,21,22,26)(H,23,24,25). The number of hydrogen-bond acceptors (Lipinski definition) is 5. The lowest BCUT2D eigenvalue weighted by Crippen LogP contribution is -2.20. The number of hydrogen-bond donors (Lipinski definition) is 2. The number of aromatic nitrogens is 3. The maximum atomic E-state index is 13.1. The quantitative estimate of drug-likeness (QED) is 0.702. The topological polar surface area (TPSA) is 87.7 Å². The normalized spacial score (nSPS) is 10.8. The van der Waals surface area contributed by atoms with Crippen molar-refractivity contribution < 1.29 is 9.18 Å². The predicted molar refractivity (Wildman–Crippen MR) is 104 cm³/mol. The molecule has 2 N–H and O–H groups in total. The predicted octanol–water partition coefficient (Wildman–Crippen LogP) is 3.53. The molecule has 0 saturated heterocycles. The first-order valence-electron chi connectivity index (χ1n) is 8.43. The maximum absolute atomic E-state index is 13.1. The van der Waals surface area contributed by atoms with Gasteiger partial charge in [0.25, 0.3) is 5.56 Å². The summed E-state index contributed by atoms with van der Waals surface area (Å²) in [5.41, 5.74) is 2.44. The molecule has 0 fully saturated rings. The van der Waals surface area contributed by atoms with Gasteiger partial charge in [-0.2, -0.15) is 0 Å². The van der Waals surface area contributed by atoms with Crippen molar-refractivity contribution in [3.8, 4) is 11.3 Å². The third-order valence-corrected chi connectivity index (χ3v) is 4.99. The highest BCUT2D eigenvalue weighted by Gasteiger charge is 2.14. The summed E-state index contributed by atoms with van der Waals surface area (Å²) in [7, 11) is 0. The number of nitrogens with one attached hydrogen (secondary N) is 2. The molecule has 3 aromatic rings. The third-order valence-electron chi connectivity index (χ3n) is 4.10. The lowest BCUT2D eigenvalue weighted by Gasteiger charge is -2.05. The number of rotatable bonds is 5. The Balaban J connectivity index is 1.68. The number of amides is 1. The molecular weight excluding hydrogens is 367 g/mol. The number of thiazole rings is 1. The van der Waals surface area contributed by atoms with Gasteiger partial charge in [0, 0.05) is 28.1 Å². The highest BCUT2D eigenvalue weighted by molar-refractivity contribution is 7.16. The van der Waals surface area contributed by atoms with E-state index in [4.69, 9.17) is 0 Å². The molecule has 1 aromatic carbocycles. The molecule has 0 aliphatic heterocycles. The number of anilines is 1. The van der Waals surface area contributed by atoms with Gasteiger partial charge in [0.1, 0.15) is 11.6 Å². The van der Waals surface area contributed by atoms with E-state index in [1.165, 1.54) is 23.5 Å². The van der Waals surface area contributed by atoms with E-state index in [1.54, 1.807) is 26.0 Å². The van der Waals surface area contributed by atoms with Crippen LogP contribution < -0.4 is 10.9 Å². The second-order valence-corrected chi connectivity index (χ2v) is 7.40. The molecule has 27 heavy (non-hydrogen) atoms. The van der Waals surface area contributed by atoms with Gasteiger partial charge in [0.2, 0.25) is 5.91 Å². The molecular formula is C19H19FN4O2S. The average Bonchev–Trinajstić information content (AvgIpc) is 2.94. The van der Waals surface area contributed by atoms with E-state index in [2.05, 4.69) is 20.3 Å². The summed E-state index contributed by atoms with van der Waals surface area (Å²) in [5.74, 6) is 0.0158. The van der Waals surface area contributed by atoms with E-state index in [1.807, 2.05) is 6.92 Å². The van der Waals surface area contributed by atoms with Gasteiger partial charge < -0.3 is 10.3 Å². The molecule has 1 amide bonds. The Morgan fingerprint density at radius 2 is 1.89 bits per heavy atom. The van der Waals surface area contributed by atoms with E-state index in [-0.39, 0.29) is 23.7 Å². The lowest BCUT2D eigenvalue weighted by molar-refractivity contribution is -0.116. The van der Waals surface area contributed by atoms with Crippen molar-refractivity contribution in [1.29, 1.82) is 0 Å². The van der Waals surface area contributed by atoms with Crippen molar-refractivity contribution in [2.75, 3.05) is 5.32 Å². The molecule has 0 radical (unpaired) electrons. The second kappa shape index (κ2) is 7.79. The van der Waals surface area contributed by atoms with Crippen molar-refractivity contribution >= 4 is 22.4 Å². The molecule has 0 spiro atoms. The zero-order valence-corrected chi connectivity index (χ0v) is 16.0. The summed E-state index contributed by atoms with van der Waals surface area (Å²) in [5, 5.41) is 3.24. The van der Waals surface area contributed by atoms with Gasteiger partial charge >= 0.3 is 0 Å². The Bertz CT molecular complexity index is 1040. The van der Waals surface area contributed by atoms with E-state index < -0.39 is 0 Å². The Labute approximate surface area is 159 Å². The zero-order chi connectivity index (χ0) is 19.6. The van der Waals surface area contributed by atoms with Gasteiger partial charge in [-0.25, -0.2) is 14.4 Å². The third kappa shape index (κ3) is 4.46. The van der Waals surface area contributed by atoms with Crippen LogP contribution in [0, 0.1) is 26.6 Å². The van der Waals surface area contributed by atoms with E-state index >= 15 is 0 Å². The van der Waals surface area contributed by atoms with Gasteiger partial charge in [-0.05, 0) is 51.5 Å². The number of carbonyl (C=O) groups is 1. The number of aromatic amines is 1. The molecule has 0 aliphatic carbocycles. The van der Waals surface area contributed by atoms with Crippen LogP contribution in [0.15, 0.2) is 29.1 Å². The van der Waals surface area contributed by atoms with Crippen LogP contribution in [0.1, 0.15) is 28.4 Å². The fourth-order valence-electron chi connectivity index (χ4n) is 2.79. The minimum Gasteiger partial charge on any atom is -0.311 e. The molecule has 2 aromatic heterocycles. The minimum absolute atomic E-state index is 0.152. The smallest absolute Gasteiger partial charge is 0.254 e. The van der Waals surface area contributed by atoms with Gasteiger partial charge in [0.15, 0.2) is 5.13 Å². The van der Waals surface area contributed by atoms with Gasteiger partial charge in [-0.1, -0.05) is 0 Å². The fourth-order valence-corrected chi connectivity index (χ4v) is 3.64. The SMILES string of the molecule is Cc1nc(C)c(CCC(=O)Nc2nc(-c3ccc(F)cc3)c(C)s2)c(=O)[nH]1. The van der Waals surface area contributed by atoms with E-state index in [0.29, 0.717) is 34.3 Å². The summed E-state index contributed by atoms with van der Waals surface area (Å²) in [6, 6.07) is 6.06. The molecule has 0 saturated carbocycles. The number of H-pyrrole nitrogens is 1. The first-order valence-corrected chi connectivity index (χ1v) is 9.24. The summed E-state index contributed by atoms with van der Waals surface area (Å²) >= 11 is 1.35. The first-order chi connectivity index (χ1) is 12.8. The Morgan fingerprint density at radius 1 is 1.19 bits per heavy atom. The van der Waals surface area contributed by atoms with Crippen LogP contribution in [0.2, 0.25) is 0 Å².